The highest BCUT2D eigenvalue weighted by Crippen LogP contribution is 2.23. The van der Waals surface area contributed by atoms with Crippen molar-refractivity contribution in [3.05, 3.63) is 30.1 Å². The maximum atomic E-state index is 13.5. The zero-order chi connectivity index (χ0) is 16.7. The van der Waals surface area contributed by atoms with Crippen LogP contribution in [0.1, 0.15) is 32.6 Å². The van der Waals surface area contributed by atoms with Crippen molar-refractivity contribution in [2.24, 2.45) is 5.92 Å². The molecule has 0 heterocycles. The van der Waals surface area contributed by atoms with Gasteiger partial charge in [-0.15, -0.1) is 11.8 Å². The first-order chi connectivity index (χ1) is 11.1. The summed E-state index contributed by atoms with van der Waals surface area (Å²) in [4.78, 5) is 12.2. The second-order valence-electron chi connectivity index (χ2n) is 5.73. The SMILES string of the molecule is C[C@@H]1CCCC[C@H]1NC(=S)NNC(=O)CSc1ccccc1F. The molecule has 7 heteroatoms. The minimum atomic E-state index is -0.318. The van der Waals surface area contributed by atoms with Gasteiger partial charge in [0.25, 0.3) is 0 Å². The van der Waals surface area contributed by atoms with Crippen LogP contribution in [-0.4, -0.2) is 22.8 Å². The van der Waals surface area contributed by atoms with E-state index in [0.29, 0.717) is 22.0 Å². The molecule has 2 atom stereocenters. The predicted octanol–water partition coefficient (Wildman–Crippen LogP) is 2.99. The molecule has 0 bridgehead atoms. The Labute approximate surface area is 146 Å². The molecule has 2 rings (SSSR count). The largest absolute Gasteiger partial charge is 0.358 e. The van der Waals surface area contributed by atoms with E-state index in [9.17, 15) is 9.18 Å². The van der Waals surface area contributed by atoms with Crippen molar-refractivity contribution >= 4 is 35.0 Å². The third-order valence-corrected chi connectivity index (χ3v) is 5.21. The highest BCUT2D eigenvalue weighted by atomic mass is 32.2. The number of hydrogen-bond donors (Lipinski definition) is 3. The molecule has 1 saturated carbocycles. The fourth-order valence-electron chi connectivity index (χ4n) is 2.60. The maximum Gasteiger partial charge on any atom is 0.248 e. The van der Waals surface area contributed by atoms with Gasteiger partial charge >= 0.3 is 0 Å². The summed E-state index contributed by atoms with van der Waals surface area (Å²) in [5.41, 5.74) is 5.26. The first-order valence-corrected chi connectivity index (χ1v) is 9.18. The van der Waals surface area contributed by atoms with Crippen LogP contribution in [0.2, 0.25) is 0 Å². The Bertz CT molecular complexity index is 556. The summed E-state index contributed by atoms with van der Waals surface area (Å²) in [6.07, 6.45) is 4.77. The van der Waals surface area contributed by atoms with Crippen LogP contribution in [0.4, 0.5) is 4.39 Å². The van der Waals surface area contributed by atoms with Gasteiger partial charge in [-0.3, -0.25) is 15.6 Å². The molecule has 126 valence electrons. The third kappa shape index (κ3) is 5.99. The molecule has 1 aliphatic rings. The molecular formula is C16H22FN3OS2. The van der Waals surface area contributed by atoms with E-state index in [2.05, 4.69) is 23.1 Å². The van der Waals surface area contributed by atoms with Crippen molar-refractivity contribution < 1.29 is 9.18 Å². The zero-order valence-electron chi connectivity index (χ0n) is 13.1. The van der Waals surface area contributed by atoms with E-state index in [-0.39, 0.29) is 17.5 Å². The normalized spacial score (nSPS) is 20.6. The number of carbonyl (C=O) groups is 1. The standard InChI is InChI=1S/C16H22FN3OS2/c1-11-6-2-4-8-13(11)18-16(22)20-19-15(21)10-23-14-9-5-3-7-12(14)17/h3,5,7,9,11,13H,2,4,6,8,10H2,1H3,(H,19,21)(H2,18,20,22)/t11-,13-/m1/s1. The molecule has 1 aliphatic carbocycles. The maximum absolute atomic E-state index is 13.5. The van der Waals surface area contributed by atoms with E-state index < -0.39 is 0 Å². The van der Waals surface area contributed by atoms with Crippen LogP contribution < -0.4 is 16.2 Å². The Morgan fingerprint density at radius 2 is 2.04 bits per heavy atom. The van der Waals surface area contributed by atoms with Crippen molar-refractivity contribution in [3.63, 3.8) is 0 Å². The van der Waals surface area contributed by atoms with Gasteiger partial charge in [-0.05, 0) is 43.1 Å². The molecule has 1 aromatic carbocycles. The molecule has 0 aromatic heterocycles. The van der Waals surface area contributed by atoms with Gasteiger partial charge in [0, 0.05) is 10.9 Å². The van der Waals surface area contributed by atoms with Gasteiger partial charge in [-0.2, -0.15) is 0 Å². The molecule has 0 aliphatic heterocycles. The predicted molar refractivity (Wildman–Crippen MR) is 95.6 cm³/mol. The first kappa shape index (κ1) is 18.0. The summed E-state index contributed by atoms with van der Waals surface area (Å²) in [6, 6.07) is 6.75. The Kier molecular flexibility index (Phi) is 7.11. The molecule has 1 fully saturated rings. The molecule has 3 N–H and O–H groups in total. The minimum absolute atomic E-state index is 0.121. The Morgan fingerprint density at radius 1 is 1.30 bits per heavy atom. The van der Waals surface area contributed by atoms with E-state index >= 15 is 0 Å². The summed E-state index contributed by atoms with van der Waals surface area (Å²) in [7, 11) is 0. The Balaban J connectivity index is 1.67. The fourth-order valence-corrected chi connectivity index (χ4v) is 3.54. The summed E-state index contributed by atoms with van der Waals surface area (Å²) in [6.45, 7) is 2.21. The van der Waals surface area contributed by atoms with E-state index in [1.54, 1.807) is 18.2 Å². The summed E-state index contributed by atoms with van der Waals surface area (Å²) in [5, 5.41) is 3.67. The Morgan fingerprint density at radius 3 is 2.78 bits per heavy atom. The molecule has 0 spiro atoms. The number of carbonyl (C=O) groups excluding carboxylic acids is 1. The molecule has 1 aromatic rings. The van der Waals surface area contributed by atoms with Gasteiger partial charge in [0.15, 0.2) is 5.11 Å². The summed E-state index contributed by atoms with van der Waals surface area (Å²) < 4.78 is 13.5. The van der Waals surface area contributed by atoms with Gasteiger partial charge in [0.1, 0.15) is 5.82 Å². The van der Waals surface area contributed by atoms with Crippen LogP contribution in [0.15, 0.2) is 29.2 Å². The van der Waals surface area contributed by atoms with Gasteiger partial charge in [0.2, 0.25) is 5.91 Å². The second kappa shape index (κ2) is 9.08. The number of hydrogen-bond acceptors (Lipinski definition) is 3. The number of benzene rings is 1. The molecule has 0 radical (unpaired) electrons. The van der Waals surface area contributed by atoms with Crippen molar-refractivity contribution in [1.82, 2.24) is 16.2 Å². The van der Waals surface area contributed by atoms with Crippen LogP contribution in [0, 0.1) is 11.7 Å². The summed E-state index contributed by atoms with van der Waals surface area (Å²) in [5.74, 6) is 0.132. The van der Waals surface area contributed by atoms with Crippen molar-refractivity contribution in [2.75, 3.05) is 5.75 Å². The number of rotatable bonds is 4. The molecular weight excluding hydrogens is 333 g/mol. The van der Waals surface area contributed by atoms with E-state index in [1.165, 1.54) is 25.3 Å². The van der Waals surface area contributed by atoms with Crippen LogP contribution in [-0.2, 0) is 4.79 Å². The molecule has 23 heavy (non-hydrogen) atoms. The number of thioether (sulfide) groups is 1. The van der Waals surface area contributed by atoms with Crippen LogP contribution in [0.25, 0.3) is 0 Å². The third-order valence-electron chi connectivity index (χ3n) is 3.94. The molecule has 1 amide bonds. The highest BCUT2D eigenvalue weighted by Gasteiger charge is 2.21. The Hall–Kier alpha value is -1.34. The van der Waals surface area contributed by atoms with Crippen molar-refractivity contribution in [1.29, 1.82) is 0 Å². The van der Waals surface area contributed by atoms with Crippen molar-refractivity contribution in [2.45, 2.75) is 43.5 Å². The zero-order valence-corrected chi connectivity index (χ0v) is 14.7. The van der Waals surface area contributed by atoms with E-state index in [1.807, 2.05) is 0 Å². The molecule has 0 saturated heterocycles. The van der Waals surface area contributed by atoms with Crippen LogP contribution in [0.3, 0.4) is 0 Å². The van der Waals surface area contributed by atoms with Crippen LogP contribution in [0.5, 0.6) is 0 Å². The quantitative estimate of drug-likeness (QED) is 0.440. The molecule has 0 unspecified atom stereocenters. The topological polar surface area (TPSA) is 53.2 Å². The minimum Gasteiger partial charge on any atom is -0.358 e. The first-order valence-electron chi connectivity index (χ1n) is 7.79. The van der Waals surface area contributed by atoms with Gasteiger partial charge in [-0.25, -0.2) is 4.39 Å². The van der Waals surface area contributed by atoms with Crippen LogP contribution >= 0.6 is 24.0 Å². The van der Waals surface area contributed by atoms with Crippen molar-refractivity contribution in [3.8, 4) is 0 Å². The number of halogens is 1. The lowest BCUT2D eigenvalue weighted by Crippen LogP contribution is -2.52. The van der Waals surface area contributed by atoms with E-state index in [0.717, 1.165) is 18.2 Å². The average Bonchev–Trinajstić information content (AvgIpc) is 2.54. The number of thiocarbonyl (C=S) groups is 1. The molecule has 4 nitrogen and oxygen atoms in total. The lowest BCUT2D eigenvalue weighted by Gasteiger charge is -2.30. The van der Waals surface area contributed by atoms with Gasteiger partial charge < -0.3 is 5.32 Å². The number of hydrazine groups is 1. The smallest absolute Gasteiger partial charge is 0.248 e. The van der Waals surface area contributed by atoms with Gasteiger partial charge in [-0.1, -0.05) is 31.9 Å². The lowest BCUT2D eigenvalue weighted by atomic mass is 9.86. The lowest BCUT2D eigenvalue weighted by molar-refractivity contribution is -0.119. The fraction of sp³-hybridized carbons (Fsp3) is 0.500. The average molecular weight is 356 g/mol. The monoisotopic (exact) mass is 355 g/mol. The summed E-state index contributed by atoms with van der Waals surface area (Å²) >= 11 is 6.35. The van der Waals surface area contributed by atoms with E-state index in [4.69, 9.17) is 12.2 Å². The second-order valence-corrected chi connectivity index (χ2v) is 7.16. The highest BCUT2D eigenvalue weighted by molar-refractivity contribution is 8.00. The van der Waals surface area contributed by atoms with Gasteiger partial charge in [0.05, 0.1) is 5.75 Å². The number of nitrogens with one attached hydrogen (secondary N) is 3. The number of amides is 1.